The Morgan fingerprint density at radius 2 is 1.92 bits per heavy atom. The van der Waals surface area contributed by atoms with E-state index < -0.39 is 6.29 Å². The van der Waals surface area contributed by atoms with E-state index in [4.69, 9.17) is 14.9 Å². The lowest BCUT2D eigenvalue weighted by Crippen LogP contribution is -2.25. The quantitative estimate of drug-likeness (QED) is 0.482. The van der Waals surface area contributed by atoms with Crippen molar-refractivity contribution in [2.24, 2.45) is 0 Å². The highest BCUT2D eigenvalue weighted by Gasteiger charge is 2.12. The molecule has 0 aromatic heterocycles. The van der Waals surface area contributed by atoms with E-state index in [9.17, 15) is 5.11 Å². The Morgan fingerprint density at radius 3 is 2.38 bits per heavy atom. The van der Waals surface area contributed by atoms with Crippen LogP contribution in [0.15, 0.2) is 0 Å². The van der Waals surface area contributed by atoms with Crippen molar-refractivity contribution in [3.63, 3.8) is 0 Å². The van der Waals surface area contributed by atoms with Crippen molar-refractivity contribution in [1.29, 1.82) is 0 Å². The maximum Gasteiger partial charge on any atom is 0.155 e. The fourth-order valence-electron chi connectivity index (χ4n) is 1.06. The van der Waals surface area contributed by atoms with Crippen molar-refractivity contribution >= 4 is 0 Å². The topological polar surface area (TPSA) is 69.9 Å². The summed E-state index contributed by atoms with van der Waals surface area (Å²) in [5, 5.41) is 26.7. The fourth-order valence-corrected chi connectivity index (χ4v) is 1.06. The van der Waals surface area contributed by atoms with Gasteiger partial charge in [-0.15, -0.1) is 0 Å². The van der Waals surface area contributed by atoms with Crippen LogP contribution in [0.3, 0.4) is 0 Å². The van der Waals surface area contributed by atoms with E-state index in [2.05, 4.69) is 0 Å². The Labute approximate surface area is 79.2 Å². The molecule has 80 valence electrons. The number of hydrogen-bond donors (Lipinski definition) is 3. The van der Waals surface area contributed by atoms with Crippen molar-refractivity contribution in [2.45, 2.75) is 45.0 Å². The molecule has 0 aliphatic heterocycles. The van der Waals surface area contributed by atoms with Crippen LogP contribution in [0.1, 0.15) is 32.6 Å². The number of ether oxygens (including phenoxy) is 1. The average Bonchev–Trinajstić information content (AvgIpc) is 2.12. The second kappa shape index (κ2) is 8.44. The van der Waals surface area contributed by atoms with E-state index in [-0.39, 0.29) is 19.3 Å². The highest BCUT2D eigenvalue weighted by molar-refractivity contribution is 4.57. The van der Waals surface area contributed by atoms with Crippen LogP contribution in [0.2, 0.25) is 0 Å². The van der Waals surface area contributed by atoms with Gasteiger partial charge in [0.05, 0.1) is 12.7 Å². The molecule has 0 rings (SSSR count). The molecule has 0 bridgehead atoms. The number of rotatable bonds is 8. The summed E-state index contributed by atoms with van der Waals surface area (Å²) in [5.41, 5.74) is 0. The summed E-state index contributed by atoms with van der Waals surface area (Å²) in [6, 6.07) is 0. The summed E-state index contributed by atoms with van der Waals surface area (Å²) >= 11 is 0. The minimum Gasteiger partial charge on any atom is -0.396 e. The van der Waals surface area contributed by atoms with Crippen molar-refractivity contribution in [2.75, 3.05) is 13.2 Å². The van der Waals surface area contributed by atoms with Crippen LogP contribution >= 0.6 is 0 Å². The van der Waals surface area contributed by atoms with Gasteiger partial charge in [-0.2, -0.15) is 0 Å². The summed E-state index contributed by atoms with van der Waals surface area (Å²) in [6.07, 6.45) is 1.45. The maximum absolute atomic E-state index is 9.25. The summed E-state index contributed by atoms with van der Waals surface area (Å²) < 4.78 is 5.14. The van der Waals surface area contributed by atoms with E-state index >= 15 is 0 Å². The van der Waals surface area contributed by atoms with Crippen molar-refractivity contribution in [3.05, 3.63) is 0 Å². The van der Waals surface area contributed by atoms with Gasteiger partial charge in [0.25, 0.3) is 0 Å². The van der Waals surface area contributed by atoms with Crippen LogP contribution in [0.25, 0.3) is 0 Å². The van der Waals surface area contributed by atoms with Gasteiger partial charge in [0.15, 0.2) is 6.29 Å². The molecule has 1 unspecified atom stereocenters. The number of aliphatic hydroxyl groups excluding tert-OH is 3. The Hall–Kier alpha value is -0.160. The molecule has 0 radical (unpaired) electrons. The summed E-state index contributed by atoms with van der Waals surface area (Å²) in [7, 11) is 0. The maximum atomic E-state index is 9.25. The largest absolute Gasteiger partial charge is 0.396 e. The van der Waals surface area contributed by atoms with E-state index in [0.717, 1.165) is 6.42 Å². The predicted octanol–water partition coefficient (Wildman–Crippen LogP) is 0.255. The third-order valence-corrected chi connectivity index (χ3v) is 1.77. The van der Waals surface area contributed by atoms with Gasteiger partial charge in [-0.05, 0) is 19.3 Å². The first-order valence-electron chi connectivity index (χ1n) is 4.79. The normalized spacial score (nSPS) is 15.7. The molecular weight excluding hydrogens is 172 g/mol. The molecule has 0 aromatic rings. The average molecular weight is 192 g/mol. The third kappa shape index (κ3) is 6.95. The molecule has 0 saturated carbocycles. The van der Waals surface area contributed by atoms with E-state index in [1.807, 2.05) is 6.92 Å². The van der Waals surface area contributed by atoms with E-state index in [1.165, 1.54) is 0 Å². The van der Waals surface area contributed by atoms with Gasteiger partial charge in [-0.3, -0.25) is 0 Å². The highest BCUT2D eigenvalue weighted by Crippen LogP contribution is 2.07. The molecule has 0 aromatic carbocycles. The minimum atomic E-state index is -0.791. The summed E-state index contributed by atoms with van der Waals surface area (Å²) in [5.74, 6) is 0. The lowest BCUT2D eigenvalue weighted by molar-refractivity contribution is -0.152. The predicted molar refractivity (Wildman–Crippen MR) is 49.2 cm³/mol. The highest BCUT2D eigenvalue weighted by atomic mass is 16.6. The molecule has 0 fully saturated rings. The molecule has 0 spiro atoms. The first kappa shape index (κ1) is 12.8. The molecule has 2 atom stereocenters. The zero-order chi connectivity index (χ0) is 10.1. The van der Waals surface area contributed by atoms with Gasteiger partial charge >= 0.3 is 0 Å². The molecular formula is C9H20O4. The number of aliphatic hydroxyl groups is 3. The molecule has 0 saturated heterocycles. The second-order valence-corrected chi connectivity index (χ2v) is 3.05. The van der Waals surface area contributed by atoms with Gasteiger partial charge in [0.2, 0.25) is 0 Å². The Morgan fingerprint density at radius 1 is 1.23 bits per heavy atom. The lowest BCUT2D eigenvalue weighted by atomic mass is 10.2. The first-order valence-corrected chi connectivity index (χ1v) is 4.79. The van der Waals surface area contributed by atoms with E-state index in [0.29, 0.717) is 19.3 Å². The summed E-state index contributed by atoms with van der Waals surface area (Å²) in [6.45, 7) is 1.93. The molecule has 4 nitrogen and oxygen atoms in total. The minimum absolute atomic E-state index is 0.0870. The Kier molecular flexibility index (Phi) is 8.33. The van der Waals surface area contributed by atoms with Gasteiger partial charge in [0, 0.05) is 6.61 Å². The van der Waals surface area contributed by atoms with Crippen molar-refractivity contribution in [1.82, 2.24) is 0 Å². The van der Waals surface area contributed by atoms with Crippen LogP contribution in [-0.4, -0.2) is 40.9 Å². The van der Waals surface area contributed by atoms with Gasteiger partial charge < -0.3 is 20.1 Å². The smallest absolute Gasteiger partial charge is 0.155 e. The van der Waals surface area contributed by atoms with Gasteiger partial charge in [0.1, 0.15) is 0 Å². The molecule has 0 amide bonds. The number of hydrogen-bond acceptors (Lipinski definition) is 4. The first-order chi connectivity index (χ1) is 6.24. The molecule has 13 heavy (non-hydrogen) atoms. The van der Waals surface area contributed by atoms with Crippen LogP contribution in [-0.2, 0) is 4.74 Å². The fraction of sp³-hybridized carbons (Fsp3) is 1.00. The lowest BCUT2D eigenvalue weighted by Gasteiger charge is -2.19. The monoisotopic (exact) mass is 192 g/mol. The zero-order valence-electron chi connectivity index (χ0n) is 8.15. The van der Waals surface area contributed by atoms with Crippen molar-refractivity contribution in [3.8, 4) is 0 Å². The molecule has 3 N–H and O–H groups in total. The van der Waals surface area contributed by atoms with Crippen LogP contribution in [0, 0.1) is 0 Å². The van der Waals surface area contributed by atoms with Crippen LogP contribution in [0.4, 0.5) is 0 Å². The summed E-state index contributed by atoms with van der Waals surface area (Å²) in [4.78, 5) is 0. The van der Waals surface area contributed by atoms with Crippen molar-refractivity contribution < 1.29 is 20.1 Å². The standard InChI is InChI=1S/C9H20O4/c1-2-4-9(12)13-8(7-11)5-3-6-10/h8-12H,2-7H2,1H3/t8?,9-/m1/s1. The molecule has 4 heteroatoms. The molecule has 0 heterocycles. The molecule has 0 aliphatic rings. The Bertz CT molecular complexity index is 108. The SMILES string of the molecule is CCC[C@H](O)OC(CO)CCCO. The second-order valence-electron chi connectivity index (χ2n) is 3.05. The Balaban J connectivity index is 3.56. The zero-order valence-corrected chi connectivity index (χ0v) is 8.15. The van der Waals surface area contributed by atoms with E-state index in [1.54, 1.807) is 0 Å². The third-order valence-electron chi connectivity index (χ3n) is 1.77. The van der Waals surface area contributed by atoms with Gasteiger partial charge in [-0.25, -0.2) is 0 Å². The molecule has 0 aliphatic carbocycles. The van der Waals surface area contributed by atoms with Crippen LogP contribution in [0.5, 0.6) is 0 Å². The van der Waals surface area contributed by atoms with Crippen LogP contribution < -0.4 is 0 Å². The van der Waals surface area contributed by atoms with Gasteiger partial charge in [-0.1, -0.05) is 13.3 Å².